The Morgan fingerprint density at radius 2 is 2.10 bits per heavy atom. The van der Waals surface area contributed by atoms with E-state index in [-0.39, 0.29) is 12.0 Å². The average Bonchev–Trinajstić information content (AvgIpc) is 2.52. The minimum atomic E-state index is -0.134. The Kier molecular flexibility index (Phi) is 6.05. The summed E-state index contributed by atoms with van der Waals surface area (Å²) in [6, 6.07) is 7.83. The normalized spacial score (nSPS) is 21.8. The fourth-order valence-corrected chi connectivity index (χ4v) is 2.78. The molecule has 4 nitrogen and oxygen atoms in total. The lowest BCUT2D eigenvalue weighted by Crippen LogP contribution is -2.32. The van der Waals surface area contributed by atoms with Crippen LogP contribution in [-0.2, 0) is 11.2 Å². The van der Waals surface area contributed by atoms with E-state index >= 15 is 0 Å². The third-order valence-electron chi connectivity index (χ3n) is 4.18. The molecule has 21 heavy (non-hydrogen) atoms. The van der Waals surface area contributed by atoms with Crippen molar-refractivity contribution in [1.29, 1.82) is 0 Å². The van der Waals surface area contributed by atoms with E-state index in [1.165, 1.54) is 0 Å². The maximum absolute atomic E-state index is 11.9. The molecule has 0 bridgehead atoms. The van der Waals surface area contributed by atoms with Gasteiger partial charge in [0.25, 0.3) is 0 Å². The van der Waals surface area contributed by atoms with E-state index in [1.807, 2.05) is 24.3 Å². The number of hydrogen-bond acceptors (Lipinski definition) is 3. The zero-order chi connectivity index (χ0) is 15.1. The van der Waals surface area contributed by atoms with Crippen molar-refractivity contribution in [2.75, 3.05) is 13.7 Å². The van der Waals surface area contributed by atoms with E-state index in [4.69, 9.17) is 4.74 Å². The molecule has 1 aromatic carbocycles. The van der Waals surface area contributed by atoms with Gasteiger partial charge >= 0.3 is 0 Å². The second-order valence-corrected chi connectivity index (χ2v) is 5.83. The van der Waals surface area contributed by atoms with Crippen LogP contribution in [0.1, 0.15) is 37.7 Å². The van der Waals surface area contributed by atoms with Gasteiger partial charge in [-0.2, -0.15) is 0 Å². The molecule has 0 radical (unpaired) electrons. The summed E-state index contributed by atoms with van der Waals surface area (Å²) in [6.07, 6.45) is 4.85. The highest BCUT2D eigenvalue weighted by atomic mass is 16.5. The van der Waals surface area contributed by atoms with Crippen molar-refractivity contribution >= 4 is 5.91 Å². The lowest BCUT2D eigenvalue weighted by Gasteiger charge is -2.25. The number of aliphatic hydroxyl groups is 1. The molecule has 4 heteroatoms. The summed E-state index contributed by atoms with van der Waals surface area (Å²) in [7, 11) is 1.65. The Morgan fingerprint density at radius 3 is 2.81 bits per heavy atom. The number of aliphatic hydroxyl groups excluding tert-OH is 1. The second kappa shape index (κ2) is 8.03. The van der Waals surface area contributed by atoms with Crippen molar-refractivity contribution in [1.82, 2.24) is 5.32 Å². The number of hydrogen-bond donors (Lipinski definition) is 2. The van der Waals surface area contributed by atoms with Gasteiger partial charge in [0, 0.05) is 13.0 Å². The summed E-state index contributed by atoms with van der Waals surface area (Å²) in [5.41, 5.74) is 1.12. The summed E-state index contributed by atoms with van der Waals surface area (Å²) in [6.45, 7) is 0.740. The molecule has 1 saturated carbocycles. The standard InChI is InChI=1S/C17H25NO3/c1-21-16-4-2-3-13(11-16)7-10-17(20)18-12-14-5-8-15(19)9-6-14/h2-4,11,14-15,19H,5-10,12H2,1H3,(H,18,20). The van der Waals surface area contributed by atoms with Gasteiger partial charge in [-0.05, 0) is 55.7 Å². The van der Waals surface area contributed by atoms with Crippen molar-refractivity contribution in [2.45, 2.75) is 44.6 Å². The van der Waals surface area contributed by atoms with E-state index in [0.29, 0.717) is 12.3 Å². The number of amides is 1. The van der Waals surface area contributed by atoms with Gasteiger partial charge in [-0.3, -0.25) is 4.79 Å². The molecule has 0 heterocycles. The predicted octanol–water partition coefficient (Wildman–Crippen LogP) is 2.30. The number of carbonyl (C=O) groups excluding carboxylic acids is 1. The van der Waals surface area contributed by atoms with Gasteiger partial charge in [-0.25, -0.2) is 0 Å². The topological polar surface area (TPSA) is 58.6 Å². The second-order valence-electron chi connectivity index (χ2n) is 5.83. The Labute approximate surface area is 126 Å². The van der Waals surface area contributed by atoms with E-state index in [0.717, 1.165) is 50.0 Å². The largest absolute Gasteiger partial charge is 0.497 e. The van der Waals surface area contributed by atoms with Crippen LogP contribution in [-0.4, -0.2) is 30.8 Å². The van der Waals surface area contributed by atoms with Gasteiger partial charge in [-0.15, -0.1) is 0 Å². The molecule has 2 rings (SSSR count). The van der Waals surface area contributed by atoms with Gasteiger partial charge in [0.2, 0.25) is 5.91 Å². The summed E-state index contributed by atoms with van der Waals surface area (Å²) in [4.78, 5) is 11.9. The van der Waals surface area contributed by atoms with Crippen molar-refractivity contribution in [3.8, 4) is 5.75 Å². The number of nitrogens with one attached hydrogen (secondary N) is 1. The monoisotopic (exact) mass is 291 g/mol. The van der Waals surface area contributed by atoms with Crippen LogP contribution >= 0.6 is 0 Å². The Morgan fingerprint density at radius 1 is 1.33 bits per heavy atom. The van der Waals surface area contributed by atoms with Gasteiger partial charge < -0.3 is 15.2 Å². The van der Waals surface area contributed by atoms with Crippen LogP contribution in [0.15, 0.2) is 24.3 Å². The Balaban J connectivity index is 1.67. The first-order chi connectivity index (χ1) is 10.2. The first kappa shape index (κ1) is 15.8. The number of aryl methyl sites for hydroxylation is 1. The lowest BCUT2D eigenvalue weighted by molar-refractivity contribution is -0.121. The molecular weight excluding hydrogens is 266 g/mol. The molecule has 1 fully saturated rings. The third-order valence-corrected chi connectivity index (χ3v) is 4.18. The first-order valence-electron chi connectivity index (χ1n) is 7.75. The Hall–Kier alpha value is -1.55. The lowest BCUT2D eigenvalue weighted by atomic mass is 9.87. The average molecular weight is 291 g/mol. The van der Waals surface area contributed by atoms with Gasteiger partial charge in [-0.1, -0.05) is 12.1 Å². The maximum atomic E-state index is 11.9. The van der Waals surface area contributed by atoms with E-state index in [2.05, 4.69) is 5.32 Å². The van der Waals surface area contributed by atoms with Crippen LogP contribution in [0.25, 0.3) is 0 Å². The fraction of sp³-hybridized carbons (Fsp3) is 0.588. The summed E-state index contributed by atoms with van der Waals surface area (Å²) in [5, 5.41) is 12.5. The number of benzene rings is 1. The summed E-state index contributed by atoms with van der Waals surface area (Å²) in [5.74, 6) is 1.45. The molecular formula is C17H25NO3. The number of rotatable bonds is 6. The minimum Gasteiger partial charge on any atom is -0.497 e. The van der Waals surface area contributed by atoms with Crippen LogP contribution in [0.2, 0.25) is 0 Å². The van der Waals surface area contributed by atoms with Crippen molar-refractivity contribution in [3.63, 3.8) is 0 Å². The van der Waals surface area contributed by atoms with Gasteiger partial charge in [0.05, 0.1) is 13.2 Å². The zero-order valence-electron chi connectivity index (χ0n) is 12.7. The maximum Gasteiger partial charge on any atom is 0.220 e. The number of carbonyl (C=O) groups is 1. The summed E-state index contributed by atoms with van der Waals surface area (Å²) >= 11 is 0. The van der Waals surface area contributed by atoms with Crippen LogP contribution < -0.4 is 10.1 Å². The van der Waals surface area contributed by atoms with Crippen molar-refractivity contribution < 1.29 is 14.6 Å². The smallest absolute Gasteiger partial charge is 0.220 e. The fourth-order valence-electron chi connectivity index (χ4n) is 2.78. The molecule has 0 unspecified atom stereocenters. The van der Waals surface area contributed by atoms with E-state index in [1.54, 1.807) is 7.11 Å². The number of ether oxygens (including phenoxy) is 1. The van der Waals surface area contributed by atoms with Crippen LogP contribution in [0.4, 0.5) is 0 Å². The highest BCUT2D eigenvalue weighted by Gasteiger charge is 2.19. The third kappa shape index (κ3) is 5.38. The molecule has 1 aliphatic carbocycles. The van der Waals surface area contributed by atoms with Crippen LogP contribution in [0.3, 0.4) is 0 Å². The Bertz CT molecular complexity index is 453. The molecule has 1 aromatic rings. The van der Waals surface area contributed by atoms with Gasteiger partial charge in [0.15, 0.2) is 0 Å². The van der Waals surface area contributed by atoms with Crippen LogP contribution in [0, 0.1) is 5.92 Å². The van der Waals surface area contributed by atoms with Gasteiger partial charge in [0.1, 0.15) is 5.75 Å². The molecule has 0 atom stereocenters. The molecule has 0 aromatic heterocycles. The molecule has 0 saturated heterocycles. The predicted molar refractivity (Wildman–Crippen MR) is 82.3 cm³/mol. The number of methoxy groups -OCH3 is 1. The van der Waals surface area contributed by atoms with Crippen molar-refractivity contribution in [3.05, 3.63) is 29.8 Å². The molecule has 0 aliphatic heterocycles. The highest BCUT2D eigenvalue weighted by Crippen LogP contribution is 2.23. The molecule has 2 N–H and O–H groups in total. The van der Waals surface area contributed by atoms with E-state index in [9.17, 15) is 9.90 Å². The first-order valence-corrected chi connectivity index (χ1v) is 7.75. The molecule has 1 amide bonds. The summed E-state index contributed by atoms with van der Waals surface area (Å²) < 4.78 is 5.18. The molecule has 116 valence electrons. The van der Waals surface area contributed by atoms with Crippen molar-refractivity contribution in [2.24, 2.45) is 5.92 Å². The zero-order valence-corrected chi connectivity index (χ0v) is 12.7. The quantitative estimate of drug-likeness (QED) is 0.845. The molecule has 0 spiro atoms. The minimum absolute atomic E-state index is 0.101. The van der Waals surface area contributed by atoms with Crippen LogP contribution in [0.5, 0.6) is 5.75 Å². The highest BCUT2D eigenvalue weighted by molar-refractivity contribution is 5.76. The van der Waals surface area contributed by atoms with E-state index < -0.39 is 0 Å². The molecule has 1 aliphatic rings. The SMILES string of the molecule is COc1cccc(CCC(=O)NCC2CCC(O)CC2)c1.